The van der Waals surface area contributed by atoms with E-state index in [9.17, 15) is 4.79 Å². The minimum Gasteiger partial charge on any atom is -0.311 e. The largest absolute Gasteiger partial charge is 0.311 e. The SMILES string of the molecule is O=C1CC(Cl)CN1c1ccncc1. The number of amides is 1. The van der Waals surface area contributed by atoms with Crippen molar-refractivity contribution >= 4 is 23.2 Å². The first-order valence-electron chi connectivity index (χ1n) is 4.12. The third-order valence-electron chi connectivity index (χ3n) is 2.05. The van der Waals surface area contributed by atoms with Crippen molar-refractivity contribution in [2.45, 2.75) is 11.8 Å². The molecule has 1 aliphatic rings. The molecule has 1 aliphatic heterocycles. The van der Waals surface area contributed by atoms with Gasteiger partial charge < -0.3 is 4.90 Å². The minimum absolute atomic E-state index is 0.0549. The van der Waals surface area contributed by atoms with Gasteiger partial charge in [0.25, 0.3) is 0 Å². The predicted octanol–water partition coefficient (Wildman–Crippen LogP) is 1.43. The first kappa shape index (κ1) is 8.51. The second-order valence-corrected chi connectivity index (χ2v) is 3.63. The van der Waals surface area contributed by atoms with Gasteiger partial charge in [-0.05, 0) is 12.1 Å². The average Bonchev–Trinajstić information content (AvgIpc) is 2.47. The van der Waals surface area contributed by atoms with E-state index in [0.29, 0.717) is 13.0 Å². The Morgan fingerprint density at radius 3 is 2.69 bits per heavy atom. The van der Waals surface area contributed by atoms with E-state index in [1.165, 1.54) is 0 Å². The second kappa shape index (κ2) is 3.34. The number of hydrogen-bond acceptors (Lipinski definition) is 2. The van der Waals surface area contributed by atoms with Crippen molar-refractivity contribution < 1.29 is 4.79 Å². The van der Waals surface area contributed by atoms with Crippen LogP contribution in [0.5, 0.6) is 0 Å². The molecule has 3 nitrogen and oxygen atoms in total. The lowest BCUT2D eigenvalue weighted by Gasteiger charge is -2.14. The van der Waals surface area contributed by atoms with E-state index >= 15 is 0 Å². The third kappa shape index (κ3) is 1.65. The summed E-state index contributed by atoms with van der Waals surface area (Å²) in [6.07, 6.45) is 3.78. The lowest BCUT2D eigenvalue weighted by molar-refractivity contribution is -0.117. The summed E-state index contributed by atoms with van der Waals surface area (Å²) in [5.41, 5.74) is 0.878. The summed E-state index contributed by atoms with van der Waals surface area (Å²) in [5.74, 6) is 0.0891. The Hall–Kier alpha value is -1.09. The highest BCUT2D eigenvalue weighted by Crippen LogP contribution is 2.22. The van der Waals surface area contributed by atoms with Gasteiger partial charge in [-0.15, -0.1) is 11.6 Å². The van der Waals surface area contributed by atoms with Crippen LogP contribution in [0.3, 0.4) is 0 Å². The summed E-state index contributed by atoms with van der Waals surface area (Å²) in [7, 11) is 0. The van der Waals surface area contributed by atoms with Crippen molar-refractivity contribution in [3.05, 3.63) is 24.5 Å². The summed E-state index contributed by atoms with van der Waals surface area (Å²) < 4.78 is 0. The van der Waals surface area contributed by atoms with Crippen LogP contribution in [-0.4, -0.2) is 22.8 Å². The molecule has 0 spiro atoms. The van der Waals surface area contributed by atoms with Crippen molar-refractivity contribution in [2.24, 2.45) is 0 Å². The molecule has 1 aromatic rings. The molecule has 1 amide bonds. The summed E-state index contributed by atoms with van der Waals surface area (Å²) in [4.78, 5) is 17.0. The molecule has 0 aromatic carbocycles. The number of nitrogens with zero attached hydrogens (tertiary/aromatic N) is 2. The number of pyridine rings is 1. The molecule has 0 saturated carbocycles. The van der Waals surface area contributed by atoms with Gasteiger partial charge in [-0.25, -0.2) is 0 Å². The van der Waals surface area contributed by atoms with Gasteiger partial charge in [0.05, 0.1) is 5.38 Å². The van der Waals surface area contributed by atoms with Gasteiger partial charge in [0.2, 0.25) is 5.91 Å². The van der Waals surface area contributed by atoms with E-state index in [4.69, 9.17) is 11.6 Å². The van der Waals surface area contributed by atoms with Crippen LogP contribution in [0.25, 0.3) is 0 Å². The molecule has 1 unspecified atom stereocenters. The molecule has 68 valence electrons. The molecule has 13 heavy (non-hydrogen) atoms. The predicted molar refractivity (Wildman–Crippen MR) is 50.8 cm³/mol. The molecular weight excluding hydrogens is 188 g/mol. The highest BCUT2D eigenvalue weighted by atomic mass is 35.5. The molecule has 1 saturated heterocycles. The molecule has 0 radical (unpaired) electrons. The molecule has 1 atom stereocenters. The molecule has 1 aromatic heterocycles. The second-order valence-electron chi connectivity index (χ2n) is 3.01. The minimum atomic E-state index is -0.0549. The maximum atomic E-state index is 11.4. The number of anilines is 1. The molecule has 2 heterocycles. The maximum Gasteiger partial charge on any atom is 0.228 e. The quantitative estimate of drug-likeness (QED) is 0.637. The van der Waals surface area contributed by atoms with Gasteiger partial charge in [-0.2, -0.15) is 0 Å². The third-order valence-corrected chi connectivity index (χ3v) is 2.34. The van der Waals surface area contributed by atoms with Crippen molar-refractivity contribution in [1.29, 1.82) is 0 Å². The van der Waals surface area contributed by atoms with Crippen LogP contribution in [-0.2, 0) is 4.79 Å². The van der Waals surface area contributed by atoms with Gasteiger partial charge >= 0.3 is 0 Å². The van der Waals surface area contributed by atoms with Gasteiger partial charge in [0.1, 0.15) is 0 Å². The van der Waals surface area contributed by atoms with Crippen molar-refractivity contribution in [3.63, 3.8) is 0 Å². The summed E-state index contributed by atoms with van der Waals surface area (Å²) in [5, 5.41) is -0.0549. The molecule has 4 heteroatoms. The van der Waals surface area contributed by atoms with Crippen LogP contribution in [0.15, 0.2) is 24.5 Å². The van der Waals surface area contributed by atoms with E-state index in [2.05, 4.69) is 4.98 Å². The van der Waals surface area contributed by atoms with Gasteiger partial charge in [-0.3, -0.25) is 9.78 Å². The van der Waals surface area contributed by atoms with Gasteiger partial charge in [0.15, 0.2) is 0 Å². The molecule has 0 N–H and O–H groups in total. The van der Waals surface area contributed by atoms with E-state index in [1.807, 2.05) is 12.1 Å². The van der Waals surface area contributed by atoms with Crippen molar-refractivity contribution in [2.75, 3.05) is 11.4 Å². The maximum absolute atomic E-state index is 11.4. The van der Waals surface area contributed by atoms with Crippen LogP contribution in [0, 0.1) is 0 Å². The number of hydrogen-bond donors (Lipinski definition) is 0. The Morgan fingerprint density at radius 2 is 2.15 bits per heavy atom. The zero-order valence-corrected chi connectivity index (χ0v) is 7.74. The number of alkyl halides is 1. The monoisotopic (exact) mass is 196 g/mol. The lowest BCUT2D eigenvalue weighted by atomic mass is 10.4. The van der Waals surface area contributed by atoms with Gasteiger partial charge in [0, 0.05) is 31.0 Å². The smallest absolute Gasteiger partial charge is 0.228 e. The topological polar surface area (TPSA) is 33.2 Å². The summed E-state index contributed by atoms with van der Waals surface area (Å²) >= 11 is 5.87. The van der Waals surface area contributed by atoms with E-state index in [0.717, 1.165) is 5.69 Å². The van der Waals surface area contributed by atoms with Crippen LogP contribution < -0.4 is 4.90 Å². The first-order valence-corrected chi connectivity index (χ1v) is 4.55. The molecule has 2 rings (SSSR count). The first-order chi connectivity index (χ1) is 6.27. The van der Waals surface area contributed by atoms with Gasteiger partial charge in [-0.1, -0.05) is 0 Å². The van der Waals surface area contributed by atoms with Crippen LogP contribution in [0.2, 0.25) is 0 Å². The highest BCUT2D eigenvalue weighted by Gasteiger charge is 2.28. The number of carbonyl (C=O) groups is 1. The van der Waals surface area contributed by atoms with Crippen LogP contribution in [0.1, 0.15) is 6.42 Å². The number of carbonyl (C=O) groups excluding carboxylic acids is 1. The zero-order chi connectivity index (χ0) is 9.26. The van der Waals surface area contributed by atoms with Crippen molar-refractivity contribution in [3.8, 4) is 0 Å². The van der Waals surface area contributed by atoms with Crippen LogP contribution >= 0.6 is 11.6 Å². The highest BCUT2D eigenvalue weighted by molar-refractivity contribution is 6.24. The normalized spacial score (nSPS) is 22.4. The molecular formula is C9H9ClN2O. The Morgan fingerprint density at radius 1 is 1.46 bits per heavy atom. The Labute approximate surface area is 81.3 Å². The fraction of sp³-hybridized carbons (Fsp3) is 0.333. The Kier molecular flexibility index (Phi) is 2.19. The van der Waals surface area contributed by atoms with E-state index in [1.54, 1.807) is 17.3 Å². The number of halogens is 1. The standard InChI is InChI=1S/C9H9ClN2O/c10-7-5-9(13)12(6-7)8-1-3-11-4-2-8/h1-4,7H,5-6H2. The fourth-order valence-electron chi connectivity index (χ4n) is 1.44. The Bertz CT molecular complexity index is 315. The number of aromatic nitrogens is 1. The molecule has 0 aliphatic carbocycles. The number of rotatable bonds is 1. The molecule has 0 bridgehead atoms. The zero-order valence-electron chi connectivity index (χ0n) is 6.98. The lowest BCUT2D eigenvalue weighted by Crippen LogP contribution is -2.24. The Balaban J connectivity index is 2.23. The summed E-state index contributed by atoms with van der Waals surface area (Å²) in [6, 6.07) is 3.62. The molecule has 1 fully saturated rings. The van der Waals surface area contributed by atoms with Crippen LogP contribution in [0.4, 0.5) is 5.69 Å². The van der Waals surface area contributed by atoms with E-state index < -0.39 is 0 Å². The average molecular weight is 197 g/mol. The van der Waals surface area contributed by atoms with Crippen molar-refractivity contribution in [1.82, 2.24) is 4.98 Å². The summed E-state index contributed by atoms with van der Waals surface area (Å²) in [6.45, 7) is 0.602. The van der Waals surface area contributed by atoms with E-state index in [-0.39, 0.29) is 11.3 Å². The fourth-order valence-corrected chi connectivity index (χ4v) is 1.71.